The number of benzene rings is 2. The molecule has 1 atom stereocenters. The Kier molecular flexibility index (Phi) is 4.54. The van der Waals surface area contributed by atoms with Crippen LogP contribution >= 0.6 is 0 Å². The number of hydrogen-bond acceptors (Lipinski definition) is 7. The maximum absolute atomic E-state index is 12.9. The molecule has 11 heteroatoms. The van der Waals surface area contributed by atoms with Crippen molar-refractivity contribution in [2.45, 2.75) is 12.6 Å². The van der Waals surface area contributed by atoms with Gasteiger partial charge in [-0.1, -0.05) is 40.8 Å². The zero-order valence-corrected chi connectivity index (χ0v) is 16.5. The predicted octanol–water partition coefficient (Wildman–Crippen LogP) is 0.751. The van der Waals surface area contributed by atoms with Crippen molar-refractivity contribution < 1.29 is 14.3 Å². The van der Waals surface area contributed by atoms with Gasteiger partial charge in [-0.2, -0.15) is 0 Å². The van der Waals surface area contributed by atoms with Crippen LogP contribution in [0.2, 0.25) is 0 Å². The van der Waals surface area contributed by atoms with Gasteiger partial charge in [0.05, 0.1) is 23.9 Å². The number of nitrogens with one attached hydrogen (secondary N) is 2. The molecule has 2 N–H and O–H groups in total. The van der Waals surface area contributed by atoms with Gasteiger partial charge in [0.15, 0.2) is 5.69 Å². The number of carbonyl (C=O) groups is 2. The van der Waals surface area contributed by atoms with Crippen molar-refractivity contribution >= 4 is 28.5 Å². The Morgan fingerprint density at radius 2 is 2.10 bits per heavy atom. The zero-order valence-electron chi connectivity index (χ0n) is 16.5. The first-order valence-electron chi connectivity index (χ1n) is 9.58. The van der Waals surface area contributed by atoms with Crippen LogP contribution in [0.1, 0.15) is 16.1 Å². The SMILES string of the molecule is CN1C(=O)[C@@H](NC(=O)c2cn(Cc3ccccc3)nn2)COc2cc3[nH]nnc3cc21. The third-order valence-electron chi connectivity index (χ3n) is 5.07. The molecule has 0 radical (unpaired) electrons. The van der Waals surface area contributed by atoms with Crippen LogP contribution in [0.25, 0.3) is 11.0 Å². The number of aromatic nitrogens is 6. The summed E-state index contributed by atoms with van der Waals surface area (Å²) in [5.41, 5.74) is 3.01. The second-order valence-corrected chi connectivity index (χ2v) is 7.17. The molecule has 0 saturated heterocycles. The smallest absolute Gasteiger partial charge is 0.274 e. The Morgan fingerprint density at radius 3 is 2.94 bits per heavy atom. The number of amides is 2. The molecule has 156 valence electrons. The topological polar surface area (TPSA) is 131 Å². The molecule has 0 fully saturated rings. The minimum atomic E-state index is -0.881. The lowest BCUT2D eigenvalue weighted by Crippen LogP contribution is -2.49. The number of rotatable bonds is 4. The summed E-state index contributed by atoms with van der Waals surface area (Å²) in [6, 6.07) is 12.3. The molecule has 0 aliphatic carbocycles. The lowest BCUT2D eigenvalue weighted by atomic mass is 10.2. The van der Waals surface area contributed by atoms with Crippen LogP contribution in [0.15, 0.2) is 48.7 Å². The molecule has 2 amide bonds. The van der Waals surface area contributed by atoms with Crippen molar-refractivity contribution in [3.8, 4) is 5.75 Å². The van der Waals surface area contributed by atoms with Crippen LogP contribution in [0, 0.1) is 0 Å². The van der Waals surface area contributed by atoms with Crippen molar-refractivity contribution in [3.63, 3.8) is 0 Å². The fourth-order valence-electron chi connectivity index (χ4n) is 3.42. The minimum absolute atomic E-state index is 0.0207. The quantitative estimate of drug-likeness (QED) is 0.500. The van der Waals surface area contributed by atoms with E-state index >= 15 is 0 Å². The first-order chi connectivity index (χ1) is 15.1. The van der Waals surface area contributed by atoms with Crippen LogP contribution in [-0.4, -0.2) is 61.9 Å². The van der Waals surface area contributed by atoms with E-state index < -0.39 is 11.9 Å². The number of anilines is 1. The molecule has 1 aliphatic heterocycles. The molecule has 5 rings (SSSR count). The molecule has 4 aromatic rings. The molecule has 11 nitrogen and oxygen atoms in total. The number of fused-ring (bicyclic) bond motifs is 2. The van der Waals surface area contributed by atoms with E-state index in [4.69, 9.17) is 4.74 Å². The van der Waals surface area contributed by atoms with Gasteiger partial charge >= 0.3 is 0 Å². The van der Waals surface area contributed by atoms with Gasteiger partial charge in [-0.25, -0.2) is 4.68 Å². The summed E-state index contributed by atoms with van der Waals surface area (Å²) in [6.07, 6.45) is 1.55. The Hall–Kier alpha value is -4.28. The van der Waals surface area contributed by atoms with Gasteiger partial charge in [0, 0.05) is 13.1 Å². The second-order valence-electron chi connectivity index (χ2n) is 7.17. The van der Waals surface area contributed by atoms with Crippen LogP contribution in [0.3, 0.4) is 0 Å². The molecule has 0 spiro atoms. The molecular formula is C20H18N8O3. The van der Waals surface area contributed by atoms with E-state index in [1.54, 1.807) is 30.1 Å². The van der Waals surface area contributed by atoms with E-state index in [0.717, 1.165) is 5.56 Å². The largest absolute Gasteiger partial charge is 0.489 e. The summed E-state index contributed by atoms with van der Waals surface area (Å²) in [5, 5.41) is 21.1. The fourth-order valence-corrected chi connectivity index (χ4v) is 3.42. The summed E-state index contributed by atoms with van der Waals surface area (Å²) in [4.78, 5) is 27.1. The molecule has 0 unspecified atom stereocenters. The van der Waals surface area contributed by atoms with Gasteiger partial charge in [-0.3, -0.25) is 14.7 Å². The van der Waals surface area contributed by atoms with Gasteiger partial charge < -0.3 is 15.0 Å². The maximum atomic E-state index is 12.9. The third kappa shape index (κ3) is 3.56. The first-order valence-corrected chi connectivity index (χ1v) is 9.58. The normalized spacial score (nSPS) is 16.0. The Bertz CT molecular complexity index is 1270. The highest BCUT2D eigenvalue weighted by molar-refractivity contribution is 6.03. The van der Waals surface area contributed by atoms with Crippen LogP contribution in [-0.2, 0) is 11.3 Å². The van der Waals surface area contributed by atoms with Crippen LogP contribution in [0.4, 0.5) is 5.69 Å². The standard InChI is InChI=1S/C20H18N8O3/c1-27-17-7-13-14(23-25-22-13)8-18(17)31-11-16(20(27)30)21-19(29)15-10-28(26-24-15)9-12-5-3-2-4-6-12/h2-8,10,16H,9,11H2,1H3,(H,21,29)(H,22,23,25)/t16-/m0/s1. The monoisotopic (exact) mass is 418 g/mol. The number of likely N-dealkylation sites (N-methyl/N-ethyl adjacent to an activating group) is 1. The summed E-state index contributed by atoms with van der Waals surface area (Å²) >= 11 is 0. The molecule has 0 bridgehead atoms. The lowest BCUT2D eigenvalue weighted by molar-refractivity contribution is -0.120. The van der Waals surface area contributed by atoms with E-state index in [2.05, 4.69) is 31.0 Å². The van der Waals surface area contributed by atoms with Gasteiger partial charge in [0.2, 0.25) is 0 Å². The summed E-state index contributed by atoms with van der Waals surface area (Å²) < 4.78 is 7.38. The first kappa shape index (κ1) is 18.7. The number of nitrogens with zero attached hydrogens (tertiary/aromatic N) is 6. The predicted molar refractivity (Wildman–Crippen MR) is 110 cm³/mol. The highest BCUT2D eigenvalue weighted by Gasteiger charge is 2.32. The molecule has 0 saturated carbocycles. The molecule has 31 heavy (non-hydrogen) atoms. The van der Waals surface area contributed by atoms with Crippen molar-refractivity contribution in [2.24, 2.45) is 0 Å². The molecule has 1 aliphatic rings. The summed E-state index contributed by atoms with van der Waals surface area (Å²) in [6.45, 7) is 0.466. The zero-order chi connectivity index (χ0) is 21.4. The molecule has 2 aromatic heterocycles. The van der Waals surface area contributed by atoms with Crippen LogP contribution < -0.4 is 15.0 Å². The van der Waals surface area contributed by atoms with Crippen molar-refractivity contribution in [1.82, 2.24) is 35.7 Å². The summed E-state index contributed by atoms with van der Waals surface area (Å²) in [5.74, 6) is -0.315. The number of carbonyl (C=O) groups excluding carboxylic acids is 2. The van der Waals surface area contributed by atoms with Crippen LogP contribution in [0.5, 0.6) is 5.75 Å². The minimum Gasteiger partial charge on any atom is -0.489 e. The number of hydrogen-bond donors (Lipinski definition) is 2. The van der Waals surface area contributed by atoms with Crippen molar-refractivity contribution in [3.05, 3.63) is 59.9 Å². The van der Waals surface area contributed by atoms with E-state index in [1.807, 2.05) is 30.3 Å². The van der Waals surface area contributed by atoms with E-state index in [0.29, 0.717) is 29.0 Å². The fraction of sp³-hybridized carbons (Fsp3) is 0.200. The van der Waals surface area contributed by atoms with Gasteiger partial charge in [0.25, 0.3) is 11.8 Å². The highest BCUT2D eigenvalue weighted by Crippen LogP contribution is 2.33. The second kappa shape index (κ2) is 7.52. The Balaban J connectivity index is 1.31. The Labute approximate surface area is 176 Å². The average molecular weight is 418 g/mol. The maximum Gasteiger partial charge on any atom is 0.274 e. The van der Waals surface area contributed by atoms with Crippen molar-refractivity contribution in [2.75, 3.05) is 18.6 Å². The highest BCUT2D eigenvalue weighted by atomic mass is 16.5. The van der Waals surface area contributed by atoms with Gasteiger partial charge in [0.1, 0.15) is 23.9 Å². The molecule has 2 aromatic carbocycles. The number of aromatic amines is 1. The van der Waals surface area contributed by atoms with Gasteiger partial charge in [-0.15, -0.1) is 10.2 Å². The molecule has 3 heterocycles. The lowest BCUT2D eigenvalue weighted by Gasteiger charge is -2.19. The van der Waals surface area contributed by atoms with Crippen molar-refractivity contribution in [1.29, 1.82) is 0 Å². The van der Waals surface area contributed by atoms with E-state index in [9.17, 15) is 9.59 Å². The number of ether oxygens (including phenoxy) is 1. The average Bonchev–Trinajstić information content (AvgIpc) is 3.42. The van der Waals surface area contributed by atoms with E-state index in [-0.39, 0.29) is 18.2 Å². The third-order valence-corrected chi connectivity index (χ3v) is 5.07. The van der Waals surface area contributed by atoms with E-state index in [1.165, 1.54) is 4.90 Å². The summed E-state index contributed by atoms with van der Waals surface area (Å²) in [7, 11) is 1.62. The van der Waals surface area contributed by atoms with Gasteiger partial charge in [-0.05, 0) is 11.6 Å². The Morgan fingerprint density at radius 1 is 1.26 bits per heavy atom. The molecular weight excluding hydrogens is 400 g/mol. The number of H-pyrrole nitrogens is 1.